The lowest BCUT2D eigenvalue weighted by atomic mass is 10.2. The van der Waals surface area contributed by atoms with E-state index in [-0.39, 0.29) is 28.6 Å². The van der Waals surface area contributed by atoms with Crippen LogP contribution in [0.2, 0.25) is 10.0 Å². The van der Waals surface area contributed by atoms with E-state index in [1.807, 2.05) is 0 Å². The lowest BCUT2D eigenvalue weighted by molar-refractivity contribution is -0.114. The molecule has 0 bridgehead atoms. The van der Waals surface area contributed by atoms with Crippen LogP contribution in [0.5, 0.6) is 5.75 Å². The summed E-state index contributed by atoms with van der Waals surface area (Å²) in [5, 5.41) is 12.4. The highest BCUT2D eigenvalue weighted by molar-refractivity contribution is 6.36. The van der Waals surface area contributed by atoms with E-state index in [0.29, 0.717) is 5.02 Å². The fraction of sp³-hybridized carbons (Fsp3) is 0.0667. The maximum Gasteiger partial charge on any atom is 0.246 e. The molecule has 0 spiro atoms. The van der Waals surface area contributed by atoms with E-state index in [2.05, 4.69) is 10.3 Å². The van der Waals surface area contributed by atoms with Crippen molar-refractivity contribution in [2.45, 2.75) is 0 Å². The van der Waals surface area contributed by atoms with Crippen LogP contribution in [0, 0.1) is 11.6 Å². The standard InChI is InChI=1S/C15H10Cl2F2N2O2/c16-9-3-8(15(23)11(17)4-9)6-20-7-14(22)21-10-1-2-12(18)13(19)5-10/h1-6,23H,7H2,(H,21,22). The Morgan fingerprint density at radius 1 is 1.22 bits per heavy atom. The van der Waals surface area contributed by atoms with Gasteiger partial charge in [-0.3, -0.25) is 9.79 Å². The Kier molecular flexibility index (Phi) is 5.52. The molecular formula is C15H10Cl2F2N2O2. The highest BCUT2D eigenvalue weighted by atomic mass is 35.5. The molecule has 0 aromatic heterocycles. The molecule has 0 saturated heterocycles. The first kappa shape index (κ1) is 17.2. The summed E-state index contributed by atoms with van der Waals surface area (Å²) in [5.74, 6) is -2.82. The Morgan fingerprint density at radius 2 is 1.96 bits per heavy atom. The third-order valence-electron chi connectivity index (χ3n) is 2.73. The first-order chi connectivity index (χ1) is 10.9. The van der Waals surface area contributed by atoms with Crippen molar-refractivity contribution in [2.75, 3.05) is 11.9 Å². The highest BCUT2D eigenvalue weighted by Crippen LogP contribution is 2.29. The Balaban J connectivity index is 2.00. The van der Waals surface area contributed by atoms with Crippen molar-refractivity contribution in [1.29, 1.82) is 0 Å². The van der Waals surface area contributed by atoms with Crippen LogP contribution in [-0.4, -0.2) is 23.8 Å². The largest absolute Gasteiger partial charge is 0.506 e. The molecule has 0 aliphatic carbocycles. The monoisotopic (exact) mass is 358 g/mol. The lowest BCUT2D eigenvalue weighted by Crippen LogP contribution is -2.15. The fourth-order valence-electron chi connectivity index (χ4n) is 1.69. The van der Waals surface area contributed by atoms with E-state index in [4.69, 9.17) is 23.2 Å². The first-order valence-electron chi connectivity index (χ1n) is 6.29. The molecule has 1 amide bonds. The minimum absolute atomic E-state index is 0.0604. The van der Waals surface area contributed by atoms with E-state index in [9.17, 15) is 18.7 Å². The van der Waals surface area contributed by atoms with Crippen molar-refractivity contribution in [3.8, 4) is 5.75 Å². The Morgan fingerprint density at radius 3 is 2.65 bits per heavy atom. The normalized spacial score (nSPS) is 11.0. The van der Waals surface area contributed by atoms with Gasteiger partial charge in [0.2, 0.25) is 5.91 Å². The molecule has 0 aliphatic rings. The second-order valence-electron chi connectivity index (χ2n) is 4.47. The Bertz CT molecular complexity index is 782. The number of rotatable bonds is 4. The van der Waals surface area contributed by atoms with Crippen molar-refractivity contribution in [2.24, 2.45) is 4.99 Å². The van der Waals surface area contributed by atoms with Crippen LogP contribution in [-0.2, 0) is 4.79 Å². The third-order valence-corrected chi connectivity index (χ3v) is 3.23. The third kappa shape index (κ3) is 4.64. The molecule has 0 atom stereocenters. The zero-order valence-corrected chi connectivity index (χ0v) is 13.0. The smallest absolute Gasteiger partial charge is 0.246 e. The minimum Gasteiger partial charge on any atom is -0.506 e. The summed E-state index contributed by atoms with van der Waals surface area (Å²) in [5.41, 5.74) is 0.362. The number of carbonyl (C=O) groups excluding carboxylic acids is 1. The van der Waals surface area contributed by atoms with Gasteiger partial charge in [-0.1, -0.05) is 23.2 Å². The Labute approximate surface area is 140 Å². The topological polar surface area (TPSA) is 61.7 Å². The molecule has 0 heterocycles. The van der Waals surface area contributed by atoms with Crippen LogP contribution in [0.15, 0.2) is 35.3 Å². The molecular weight excluding hydrogens is 349 g/mol. The number of hydrogen-bond donors (Lipinski definition) is 2. The van der Waals surface area contributed by atoms with E-state index < -0.39 is 17.5 Å². The van der Waals surface area contributed by atoms with Gasteiger partial charge in [0.1, 0.15) is 12.3 Å². The average Bonchev–Trinajstić information content (AvgIpc) is 2.48. The second-order valence-corrected chi connectivity index (χ2v) is 5.32. The number of phenolic OH excluding ortho intramolecular Hbond substituents is 1. The van der Waals surface area contributed by atoms with Crippen LogP contribution in [0.1, 0.15) is 5.56 Å². The molecule has 2 N–H and O–H groups in total. The average molecular weight is 359 g/mol. The van der Waals surface area contributed by atoms with Crippen molar-refractivity contribution in [1.82, 2.24) is 0 Å². The number of carbonyl (C=O) groups is 1. The molecule has 0 saturated carbocycles. The molecule has 0 fully saturated rings. The quantitative estimate of drug-likeness (QED) is 0.810. The summed E-state index contributed by atoms with van der Waals surface area (Å²) in [4.78, 5) is 15.5. The molecule has 0 radical (unpaired) electrons. The van der Waals surface area contributed by atoms with Crippen molar-refractivity contribution in [3.63, 3.8) is 0 Å². The number of halogens is 4. The van der Waals surface area contributed by atoms with Crippen molar-refractivity contribution >= 4 is 41.0 Å². The van der Waals surface area contributed by atoms with Crippen LogP contribution in [0.25, 0.3) is 0 Å². The summed E-state index contributed by atoms with van der Waals surface area (Å²) >= 11 is 11.5. The van der Waals surface area contributed by atoms with Crippen molar-refractivity contribution in [3.05, 3.63) is 57.6 Å². The molecule has 2 aromatic carbocycles. The SMILES string of the molecule is O=C(CN=Cc1cc(Cl)cc(Cl)c1O)Nc1ccc(F)c(F)c1. The molecule has 8 heteroatoms. The number of nitrogens with zero attached hydrogens (tertiary/aromatic N) is 1. The number of aromatic hydroxyl groups is 1. The van der Waals surface area contributed by atoms with Gasteiger partial charge in [-0.05, 0) is 24.3 Å². The number of aliphatic imine (C=N–C) groups is 1. The number of amides is 1. The first-order valence-corrected chi connectivity index (χ1v) is 7.05. The number of nitrogens with one attached hydrogen (secondary N) is 1. The van der Waals surface area contributed by atoms with Crippen LogP contribution < -0.4 is 5.32 Å². The highest BCUT2D eigenvalue weighted by Gasteiger charge is 2.07. The van der Waals surface area contributed by atoms with Gasteiger partial charge in [-0.25, -0.2) is 8.78 Å². The second kappa shape index (κ2) is 7.39. The van der Waals surface area contributed by atoms with Crippen LogP contribution >= 0.6 is 23.2 Å². The van der Waals surface area contributed by atoms with E-state index in [0.717, 1.165) is 12.1 Å². The zero-order valence-electron chi connectivity index (χ0n) is 11.5. The maximum absolute atomic E-state index is 13.0. The lowest BCUT2D eigenvalue weighted by Gasteiger charge is -2.04. The summed E-state index contributed by atoms with van der Waals surface area (Å²) < 4.78 is 25.8. The number of hydrogen-bond acceptors (Lipinski definition) is 3. The molecule has 4 nitrogen and oxygen atoms in total. The van der Waals surface area contributed by atoms with Gasteiger partial charge in [0.25, 0.3) is 0 Å². The molecule has 120 valence electrons. The summed E-state index contributed by atoms with van der Waals surface area (Å²) in [6.45, 7) is -0.289. The zero-order chi connectivity index (χ0) is 17.0. The van der Waals surface area contributed by atoms with E-state index >= 15 is 0 Å². The van der Waals surface area contributed by atoms with Crippen LogP contribution in [0.4, 0.5) is 14.5 Å². The number of benzene rings is 2. The molecule has 0 aliphatic heterocycles. The van der Waals surface area contributed by atoms with Gasteiger partial charge in [-0.15, -0.1) is 0 Å². The maximum atomic E-state index is 13.0. The van der Waals surface area contributed by atoms with Crippen LogP contribution in [0.3, 0.4) is 0 Å². The fourth-order valence-corrected chi connectivity index (χ4v) is 2.19. The predicted molar refractivity (Wildman–Crippen MR) is 85.6 cm³/mol. The van der Waals surface area contributed by atoms with E-state index in [1.165, 1.54) is 24.4 Å². The van der Waals surface area contributed by atoms with E-state index in [1.54, 1.807) is 0 Å². The van der Waals surface area contributed by atoms with Crippen molar-refractivity contribution < 1.29 is 18.7 Å². The van der Waals surface area contributed by atoms with Gasteiger partial charge >= 0.3 is 0 Å². The molecule has 23 heavy (non-hydrogen) atoms. The number of anilines is 1. The van der Waals surface area contributed by atoms with Gasteiger partial charge in [0.05, 0.1) is 5.02 Å². The molecule has 0 unspecified atom stereocenters. The van der Waals surface area contributed by atoms with Gasteiger partial charge < -0.3 is 10.4 Å². The molecule has 2 rings (SSSR count). The number of phenols is 1. The minimum atomic E-state index is -1.07. The predicted octanol–water partition coefficient (Wildman–Crippen LogP) is 4.03. The van der Waals surface area contributed by atoms with Gasteiger partial charge in [0.15, 0.2) is 11.6 Å². The summed E-state index contributed by atoms with van der Waals surface area (Å²) in [6.07, 6.45) is 1.23. The summed E-state index contributed by atoms with van der Waals surface area (Å²) in [6, 6.07) is 5.79. The molecule has 2 aromatic rings. The van der Waals surface area contributed by atoms with Gasteiger partial charge in [0, 0.05) is 28.6 Å². The Hall–Kier alpha value is -2.18. The summed E-state index contributed by atoms with van der Waals surface area (Å²) in [7, 11) is 0. The van der Waals surface area contributed by atoms with Gasteiger partial charge in [-0.2, -0.15) is 0 Å².